The number of carboxylic acids is 1. The van der Waals surface area contributed by atoms with Crippen molar-refractivity contribution in [3.05, 3.63) is 16.6 Å². The molecule has 1 heterocycles. The number of alkyl halides is 3. The molecule has 0 aliphatic carbocycles. The molecule has 118 valence electrons. The maximum Gasteiger partial charge on any atom is 0.422 e. The van der Waals surface area contributed by atoms with Crippen LogP contribution in [-0.2, 0) is 4.79 Å². The standard InChI is InChI=1S/C11H14F3N3O3S/c1-6(7-15-3-4-21-7)5-16-9(20)17-10(2,8(18)19)11(12,13)14/h3-4,6H,5H2,1-2H3,(H,18,19)(H2,16,17,20). The van der Waals surface area contributed by atoms with Gasteiger partial charge in [0, 0.05) is 24.0 Å². The quantitative estimate of drug-likeness (QED) is 0.772. The molecule has 1 rings (SSSR count). The van der Waals surface area contributed by atoms with Gasteiger partial charge < -0.3 is 15.7 Å². The minimum atomic E-state index is -5.11. The summed E-state index contributed by atoms with van der Waals surface area (Å²) in [5.74, 6) is -2.38. The maximum absolute atomic E-state index is 12.7. The van der Waals surface area contributed by atoms with Gasteiger partial charge in [-0.25, -0.2) is 14.6 Å². The number of nitrogens with one attached hydrogen (secondary N) is 2. The van der Waals surface area contributed by atoms with E-state index in [1.54, 1.807) is 18.5 Å². The van der Waals surface area contributed by atoms with Gasteiger partial charge in [0.25, 0.3) is 0 Å². The Morgan fingerprint density at radius 2 is 2.10 bits per heavy atom. The van der Waals surface area contributed by atoms with Crippen molar-refractivity contribution in [1.29, 1.82) is 0 Å². The molecule has 10 heteroatoms. The van der Waals surface area contributed by atoms with E-state index < -0.39 is 23.7 Å². The fourth-order valence-corrected chi connectivity index (χ4v) is 2.03. The number of urea groups is 1. The lowest BCUT2D eigenvalue weighted by Gasteiger charge is -2.28. The lowest BCUT2D eigenvalue weighted by molar-refractivity contribution is -0.203. The van der Waals surface area contributed by atoms with Crippen molar-refractivity contribution in [1.82, 2.24) is 15.6 Å². The molecule has 21 heavy (non-hydrogen) atoms. The number of rotatable bonds is 5. The molecule has 0 saturated carbocycles. The molecule has 2 amide bonds. The number of carbonyl (C=O) groups excluding carboxylic acids is 1. The minimum Gasteiger partial charge on any atom is -0.479 e. The van der Waals surface area contributed by atoms with Gasteiger partial charge in [-0.3, -0.25) is 0 Å². The van der Waals surface area contributed by atoms with Crippen LogP contribution in [0, 0.1) is 0 Å². The van der Waals surface area contributed by atoms with Crippen LogP contribution in [0.1, 0.15) is 24.8 Å². The van der Waals surface area contributed by atoms with E-state index >= 15 is 0 Å². The van der Waals surface area contributed by atoms with Crippen LogP contribution in [0.5, 0.6) is 0 Å². The largest absolute Gasteiger partial charge is 0.479 e. The molecule has 2 unspecified atom stereocenters. The number of carbonyl (C=O) groups is 2. The zero-order valence-corrected chi connectivity index (χ0v) is 12.0. The Labute approximate surface area is 122 Å². The predicted molar refractivity (Wildman–Crippen MR) is 69.2 cm³/mol. The molecule has 0 aliphatic heterocycles. The summed E-state index contributed by atoms with van der Waals surface area (Å²) < 4.78 is 38.1. The first kappa shape index (κ1) is 17.2. The summed E-state index contributed by atoms with van der Waals surface area (Å²) >= 11 is 1.35. The Kier molecular flexibility index (Phi) is 5.15. The Morgan fingerprint density at radius 3 is 2.52 bits per heavy atom. The second kappa shape index (κ2) is 6.29. The third-order valence-electron chi connectivity index (χ3n) is 2.80. The molecule has 1 aromatic heterocycles. The first-order valence-electron chi connectivity index (χ1n) is 5.83. The second-order valence-electron chi connectivity index (χ2n) is 4.53. The highest BCUT2D eigenvalue weighted by Crippen LogP contribution is 2.30. The Balaban J connectivity index is 2.62. The summed E-state index contributed by atoms with van der Waals surface area (Å²) in [6.45, 7) is 2.16. The predicted octanol–water partition coefficient (Wildman–Crippen LogP) is 1.95. The van der Waals surface area contributed by atoms with E-state index in [1.165, 1.54) is 16.7 Å². The van der Waals surface area contributed by atoms with Crippen molar-refractivity contribution in [3.8, 4) is 0 Å². The van der Waals surface area contributed by atoms with Gasteiger partial charge in [0.1, 0.15) is 0 Å². The van der Waals surface area contributed by atoms with Gasteiger partial charge >= 0.3 is 18.2 Å². The molecule has 0 bridgehead atoms. The zero-order valence-electron chi connectivity index (χ0n) is 11.2. The molecule has 6 nitrogen and oxygen atoms in total. The molecule has 0 aliphatic rings. The number of carboxylic acid groups (broad SMARTS) is 1. The number of hydrogen-bond donors (Lipinski definition) is 3. The average Bonchev–Trinajstić information content (AvgIpc) is 2.88. The molecule has 1 aromatic rings. The fraction of sp³-hybridized carbons (Fsp3) is 0.545. The first-order valence-corrected chi connectivity index (χ1v) is 6.71. The molecule has 0 fully saturated rings. The van der Waals surface area contributed by atoms with E-state index in [0.717, 1.165) is 0 Å². The summed E-state index contributed by atoms with van der Waals surface area (Å²) in [6.07, 6.45) is -3.54. The summed E-state index contributed by atoms with van der Waals surface area (Å²) in [5, 5.41) is 14.8. The minimum absolute atomic E-state index is 0.0346. The zero-order chi connectivity index (χ0) is 16.3. The van der Waals surface area contributed by atoms with E-state index in [0.29, 0.717) is 11.9 Å². The third kappa shape index (κ3) is 4.06. The van der Waals surface area contributed by atoms with E-state index in [9.17, 15) is 22.8 Å². The van der Waals surface area contributed by atoms with Crippen LogP contribution in [0.2, 0.25) is 0 Å². The van der Waals surface area contributed by atoms with Crippen molar-refractivity contribution < 1.29 is 27.9 Å². The van der Waals surface area contributed by atoms with Crippen LogP contribution in [0.15, 0.2) is 11.6 Å². The van der Waals surface area contributed by atoms with E-state index in [2.05, 4.69) is 10.3 Å². The number of thiazole rings is 1. The number of hydrogen-bond acceptors (Lipinski definition) is 4. The highest BCUT2D eigenvalue weighted by molar-refractivity contribution is 7.09. The number of aromatic nitrogens is 1. The fourth-order valence-electron chi connectivity index (χ4n) is 1.33. The van der Waals surface area contributed by atoms with E-state index in [4.69, 9.17) is 5.11 Å². The summed E-state index contributed by atoms with van der Waals surface area (Å²) in [7, 11) is 0. The van der Waals surface area contributed by atoms with Crippen molar-refractivity contribution >= 4 is 23.3 Å². The van der Waals surface area contributed by atoms with Crippen LogP contribution in [0.3, 0.4) is 0 Å². The van der Waals surface area contributed by atoms with Crippen molar-refractivity contribution in [2.24, 2.45) is 0 Å². The summed E-state index contributed by atoms with van der Waals surface area (Å²) in [6, 6.07) is -1.21. The van der Waals surface area contributed by atoms with Gasteiger partial charge in [0.2, 0.25) is 5.54 Å². The van der Waals surface area contributed by atoms with Gasteiger partial charge in [-0.15, -0.1) is 11.3 Å². The first-order chi connectivity index (χ1) is 9.58. The van der Waals surface area contributed by atoms with Crippen molar-refractivity contribution in [3.63, 3.8) is 0 Å². The van der Waals surface area contributed by atoms with Gasteiger partial charge in [-0.1, -0.05) is 6.92 Å². The van der Waals surface area contributed by atoms with Crippen molar-refractivity contribution in [2.45, 2.75) is 31.5 Å². The monoisotopic (exact) mass is 325 g/mol. The normalized spacial score (nSPS) is 15.9. The van der Waals surface area contributed by atoms with Crippen LogP contribution in [-0.4, -0.2) is 40.4 Å². The summed E-state index contributed by atoms with van der Waals surface area (Å²) in [4.78, 5) is 26.2. The van der Waals surface area contributed by atoms with Crippen molar-refractivity contribution in [2.75, 3.05) is 6.54 Å². The van der Waals surface area contributed by atoms with Gasteiger partial charge in [0.15, 0.2) is 0 Å². The Morgan fingerprint density at radius 1 is 1.48 bits per heavy atom. The highest BCUT2D eigenvalue weighted by atomic mass is 32.1. The lowest BCUT2D eigenvalue weighted by Crippen LogP contribution is -2.63. The van der Waals surface area contributed by atoms with Gasteiger partial charge in [-0.05, 0) is 6.92 Å². The number of amides is 2. The molecular weight excluding hydrogens is 311 g/mol. The van der Waals surface area contributed by atoms with Crippen LogP contribution in [0.4, 0.5) is 18.0 Å². The third-order valence-corrected chi connectivity index (χ3v) is 3.81. The topological polar surface area (TPSA) is 91.3 Å². The molecule has 0 radical (unpaired) electrons. The van der Waals surface area contributed by atoms with E-state index in [-0.39, 0.29) is 12.5 Å². The number of aliphatic carboxylic acids is 1. The SMILES string of the molecule is CC(CNC(=O)NC(C)(C(=O)O)C(F)(F)F)c1nccs1. The number of nitrogens with zero attached hydrogens (tertiary/aromatic N) is 1. The molecule has 0 spiro atoms. The molecule has 3 N–H and O–H groups in total. The van der Waals surface area contributed by atoms with Gasteiger partial charge in [0.05, 0.1) is 5.01 Å². The number of halogens is 3. The lowest BCUT2D eigenvalue weighted by atomic mass is 10.0. The molecule has 0 aromatic carbocycles. The average molecular weight is 325 g/mol. The highest BCUT2D eigenvalue weighted by Gasteiger charge is 2.58. The van der Waals surface area contributed by atoms with Gasteiger partial charge in [-0.2, -0.15) is 13.2 Å². The van der Waals surface area contributed by atoms with Crippen LogP contribution >= 0.6 is 11.3 Å². The molecular formula is C11H14F3N3O3S. The molecule has 0 saturated heterocycles. The Hall–Kier alpha value is -1.84. The van der Waals surface area contributed by atoms with Crippen LogP contribution < -0.4 is 10.6 Å². The van der Waals surface area contributed by atoms with Crippen LogP contribution in [0.25, 0.3) is 0 Å². The Bertz CT molecular complexity index is 507. The van der Waals surface area contributed by atoms with E-state index in [1.807, 2.05) is 0 Å². The second-order valence-corrected chi connectivity index (χ2v) is 5.46. The summed E-state index contributed by atoms with van der Waals surface area (Å²) in [5.41, 5.74) is -3.35. The molecule has 2 atom stereocenters. The smallest absolute Gasteiger partial charge is 0.422 e. The maximum atomic E-state index is 12.7.